The highest BCUT2D eigenvalue weighted by molar-refractivity contribution is 5.37. The molecule has 3 nitrogen and oxygen atoms in total. The minimum atomic E-state index is -0.321. The van der Waals surface area contributed by atoms with E-state index in [9.17, 15) is 5.26 Å². The SMILES string of the molecule is CCC(C)n1ccc(CC2(C#N)Cc3ccccc3C2)n1. The molecule has 1 aliphatic rings. The zero-order valence-corrected chi connectivity index (χ0v) is 12.7. The zero-order chi connectivity index (χ0) is 14.9. The van der Waals surface area contributed by atoms with Crippen LogP contribution in [0.5, 0.6) is 0 Å². The van der Waals surface area contributed by atoms with Crippen LogP contribution < -0.4 is 0 Å². The summed E-state index contributed by atoms with van der Waals surface area (Å²) >= 11 is 0. The Morgan fingerprint density at radius 3 is 2.52 bits per heavy atom. The molecule has 3 heteroatoms. The highest BCUT2D eigenvalue weighted by atomic mass is 15.3. The third kappa shape index (κ3) is 2.58. The number of benzene rings is 1. The maximum atomic E-state index is 9.73. The highest BCUT2D eigenvalue weighted by Crippen LogP contribution is 2.38. The summed E-state index contributed by atoms with van der Waals surface area (Å²) < 4.78 is 2.02. The number of hydrogen-bond donors (Lipinski definition) is 0. The predicted octanol–water partition coefficient (Wildman–Crippen LogP) is 3.71. The monoisotopic (exact) mass is 279 g/mol. The van der Waals surface area contributed by atoms with Gasteiger partial charge in [0, 0.05) is 18.7 Å². The molecule has 0 radical (unpaired) electrons. The summed E-state index contributed by atoms with van der Waals surface area (Å²) in [4.78, 5) is 0. The molecule has 0 saturated heterocycles. The summed E-state index contributed by atoms with van der Waals surface area (Å²) in [5.74, 6) is 0. The van der Waals surface area contributed by atoms with Gasteiger partial charge in [0.15, 0.2) is 0 Å². The van der Waals surface area contributed by atoms with Gasteiger partial charge in [0.1, 0.15) is 0 Å². The molecule has 3 rings (SSSR count). The Balaban J connectivity index is 1.81. The largest absolute Gasteiger partial charge is 0.270 e. The summed E-state index contributed by atoms with van der Waals surface area (Å²) in [7, 11) is 0. The van der Waals surface area contributed by atoms with Crippen molar-refractivity contribution >= 4 is 0 Å². The van der Waals surface area contributed by atoms with Gasteiger partial charge in [0.25, 0.3) is 0 Å². The van der Waals surface area contributed by atoms with Crippen molar-refractivity contribution in [2.45, 2.75) is 45.6 Å². The Morgan fingerprint density at radius 2 is 1.95 bits per heavy atom. The van der Waals surface area contributed by atoms with Gasteiger partial charge < -0.3 is 0 Å². The number of fused-ring (bicyclic) bond motifs is 1. The molecule has 1 heterocycles. The molecule has 1 aromatic heterocycles. The smallest absolute Gasteiger partial charge is 0.0710 e. The second-order valence-electron chi connectivity index (χ2n) is 6.24. The van der Waals surface area contributed by atoms with E-state index in [0.29, 0.717) is 6.04 Å². The first-order chi connectivity index (χ1) is 10.2. The molecule has 0 fully saturated rings. The van der Waals surface area contributed by atoms with Crippen LogP contribution in [0.3, 0.4) is 0 Å². The Bertz CT molecular complexity index is 653. The van der Waals surface area contributed by atoms with Crippen molar-refractivity contribution in [1.29, 1.82) is 5.26 Å². The second kappa shape index (κ2) is 5.37. The van der Waals surface area contributed by atoms with Crippen molar-refractivity contribution in [3.8, 4) is 6.07 Å². The van der Waals surface area contributed by atoms with Crippen LogP contribution in [0.2, 0.25) is 0 Å². The number of aromatic nitrogens is 2. The van der Waals surface area contributed by atoms with Crippen LogP contribution in [-0.2, 0) is 19.3 Å². The first-order valence-electron chi connectivity index (χ1n) is 7.68. The minimum Gasteiger partial charge on any atom is -0.270 e. The van der Waals surface area contributed by atoms with E-state index >= 15 is 0 Å². The lowest BCUT2D eigenvalue weighted by Gasteiger charge is -2.18. The Labute approximate surface area is 126 Å². The molecular weight excluding hydrogens is 258 g/mol. The van der Waals surface area contributed by atoms with E-state index < -0.39 is 0 Å². The zero-order valence-electron chi connectivity index (χ0n) is 12.7. The third-order valence-corrected chi connectivity index (χ3v) is 4.64. The molecule has 1 atom stereocenters. The number of nitriles is 1. The van der Waals surface area contributed by atoms with E-state index in [2.05, 4.69) is 55.3 Å². The van der Waals surface area contributed by atoms with Crippen molar-refractivity contribution in [2.24, 2.45) is 5.41 Å². The number of nitrogens with zero attached hydrogens (tertiary/aromatic N) is 3. The molecule has 21 heavy (non-hydrogen) atoms. The Kier molecular flexibility index (Phi) is 3.55. The average Bonchev–Trinajstić information content (AvgIpc) is 3.11. The summed E-state index contributed by atoms with van der Waals surface area (Å²) in [6, 6.07) is 13.5. The number of hydrogen-bond acceptors (Lipinski definition) is 2. The van der Waals surface area contributed by atoms with Crippen molar-refractivity contribution in [3.05, 3.63) is 53.3 Å². The average molecular weight is 279 g/mol. The summed E-state index contributed by atoms with van der Waals surface area (Å²) in [5, 5.41) is 14.4. The molecule has 0 N–H and O–H groups in total. The van der Waals surface area contributed by atoms with Crippen LogP contribution in [0.1, 0.15) is 43.1 Å². The lowest BCUT2D eigenvalue weighted by Crippen LogP contribution is -2.22. The van der Waals surface area contributed by atoms with E-state index in [0.717, 1.165) is 31.4 Å². The van der Waals surface area contributed by atoms with Gasteiger partial charge >= 0.3 is 0 Å². The van der Waals surface area contributed by atoms with Crippen molar-refractivity contribution < 1.29 is 0 Å². The molecule has 0 bridgehead atoms. The van der Waals surface area contributed by atoms with Gasteiger partial charge in [-0.25, -0.2) is 0 Å². The van der Waals surface area contributed by atoms with E-state index in [1.807, 2.05) is 10.9 Å². The minimum absolute atomic E-state index is 0.321. The van der Waals surface area contributed by atoms with Gasteiger partial charge in [0.2, 0.25) is 0 Å². The predicted molar refractivity (Wildman–Crippen MR) is 82.8 cm³/mol. The quantitative estimate of drug-likeness (QED) is 0.856. The van der Waals surface area contributed by atoms with Crippen molar-refractivity contribution in [2.75, 3.05) is 0 Å². The van der Waals surface area contributed by atoms with Gasteiger partial charge in [-0.1, -0.05) is 31.2 Å². The van der Waals surface area contributed by atoms with Gasteiger partial charge in [-0.15, -0.1) is 0 Å². The lowest BCUT2D eigenvalue weighted by molar-refractivity contribution is 0.404. The Morgan fingerprint density at radius 1 is 1.29 bits per heavy atom. The van der Waals surface area contributed by atoms with E-state index in [-0.39, 0.29) is 5.41 Å². The van der Waals surface area contributed by atoms with E-state index in [1.165, 1.54) is 11.1 Å². The molecule has 0 spiro atoms. The molecule has 0 aliphatic heterocycles. The molecule has 1 unspecified atom stereocenters. The van der Waals surface area contributed by atoms with Crippen LogP contribution in [-0.4, -0.2) is 9.78 Å². The topological polar surface area (TPSA) is 41.6 Å². The van der Waals surface area contributed by atoms with Crippen LogP contribution in [0.4, 0.5) is 0 Å². The molecular formula is C18H21N3. The summed E-state index contributed by atoms with van der Waals surface area (Å²) in [6.07, 6.45) is 5.53. The van der Waals surface area contributed by atoms with Gasteiger partial charge in [-0.3, -0.25) is 4.68 Å². The third-order valence-electron chi connectivity index (χ3n) is 4.64. The Hall–Kier alpha value is -2.08. The normalized spacial score (nSPS) is 17.2. The molecule has 0 amide bonds. The molecule has 108 valence electrons. The van der Waals surface area contributed by atoms with E-state index in [4.69, 9.17) is 0 Å². The number of rotatable bonds is 4. The van der Waals surface area contributed by atoms with Crippen molar-refractivity contribution in [3.63, 3.8) is 0 Å². The maximum Gasteiger partial charge on any atom is 0.0710 e. The molecule has 0 saturated carbocycles. The molecule has 1 aliphatic carbocycles. The highest BCUT2D eigenvalue weighted by Gasteiger charge is 2.38. The van der Waals surface area contributed by atoms with Crippen LogP contribution in [0, 0.1) is 16.7 Å². The van der Waals surface area contributed by atoms with Gasteiger partial charge in [-0.2, -0.15) is 10.4 Å². The summed E-state index contributed by atoms with van der Waals surface area (Å²) in [6.45, 7) is 4.33. The lowest BCUT2D eigenvalue weighted by atomic mass is 9.82. The van der Waals surface area contributed by atoms with E-state index in [1.54, 1.807) is 0 Å². The van der Waals surface area contributed by atoms with Crippen LogP contribution in [0.15, 0.2) is 36.5 Å². The second-order valence-corrected chi connectivity index (χ2v) is 6.24. The molecule has 1 aromatic carbocycles. The standard InChI is InChI=1S/C18H21N3/c1-3-14(2)21-9-8-17(20-21)12-18(13-19)10-15-6-4-5-7-16(15)11-18/h4-9,14H,3,10-12H2,1-2H3. The summed E-state index contributed by atoms with van der Waals surface area (Å²) in [5.41, 5.74) is 3.35. The van der Waals surface area contributed by atoms with Gasteiger partial charge in [0.05, 0.1) is 17.2 Å². The molecule has 2 aromatic rings. The fourth-order valence-corrected chi connectivity index (χ4v) is 3.19. The van der Waals surface area contributed by atoms with Crippen molar-refractivity contribution in [1.82, 2.24) is 9.78 Å². The first-order valence-corrected chi connectivity index (χ1v) is 7.68. The van der Waals surface area contributed by atoms with Crippen LogP contribution >= 0.6 is 0 Å². The van der Waals surface area contributed by atoms with Gasteiger partial charge in [-0.05, 0) is 43.4 Å². The fourth-order valence-electron chi connectivity index (χ4n) is 3.19. The first kappa shape index (κ1) is 13.9. The maximum absolute atomic E-state index is 9.73. The van der Waals surface area contributed by atoms with Crippen LogP contribution in [0.25, 0.3) is 0 Å². The fraction of sp³-hybridized carbons (Fsp3) is 0.444.